The predicted octanol–water partition coefficient (Wildman–Crippen LogP) is 21.8. The fourth-order valence-electron chi connectivity index (χ4n) is 9.11. The highest BCUT2D eigenvalue weighted by molar-refractivity contribution is 7.47. The summed E-state index contributed by atoms with van der Waals surface area (Å²) in [5, 5.41) is 3.01. The number of likely N-dealkylation sites (N-methyl/N-ethyl adjacent to an activating group) is 1. The summed E-state index contributed by atoms with van der Waals surface area (Å²) in [5.74, 6) is -0.613. The zero-order valence-electron chi connectivity index (χ0n) is 55.3. The summed E-state index contributed by atoms with van der Waals surface area (Å²) in [6.07, 6.45) is 91.6. The van der Waals surface area contributed by atoms with E-state index in [1.807, 2.05) is 39.4 Å². The summed E-state index contributed by atoms with van der Waals surface area (Å²) in [6, 6.07) is -0.901. The van der Waals surface area contributed by atoms with Crippen LogP contribution >= 0.6 is 7.82 Å². The molecule has 0 saturated carbocycles. The topological polar surface area (TPSA) is 111 Å². The second-order valence-corrected chi connectivity index (χ2v) is 25.0. The number of amides is 1. The summed E-state index contributed by atoms with van der Waals surface area (Å²) in [7, 11) is 1.43. The standard InChI is InChI=1S/C75H127N2O7P/c1-7-10-13-16-19-22-25-28-30-32-34-35-36-37-38-39-40-41-43-45-47-50-53-56-59-62-65-68-75(79)84-73(66-63-60-57-54-51-48-27-24-21-18-15-12-9-3)72(71-83-85(80,81)82-70-69-77(4,5)6)76-74(78)67-64-61-58-55-52-49-46-44-42-33-31-29-26-23-20-17-14-11-8-2/h10-11,13-14,19-20,22-23,28-31,34-35,37-38,42,44,49,52,58,61,63,66,72-73H,7-9,12,15-18,21,24-27,32-33,36,39-41,43,45-48,50-51,53-57,59-60,62,64-65,67-71H2,1-6H3,(H-,76,78,80,81)/p+1/b13-10-,14-11-,22-19-,23-20-,30-28-,31-29-,35-34-,38-37-,44-42-,52-49-,61-58-,66-63-. The van der Waals surface area contributed by atoms with Gasteiger partial charge in [0.1, 0.15) is 19.3 Å². The Bertz CT molecular complexity index is 1960. The molecule has 0 aliphatic heterocycles. The Morgan fingerprint density at radius 1 is 0.424 bits per heavy atom. The van der Waals surface area contributed by atoms with Gasteiger partial charge in [-0.05, 0) is 115 Å². The molecular weight excluding hydrogens is 1070 g/mol. The summed E-state index contributed by atoms with van der Waals surface area (Å²) >= 11 is 0. The van der Waals surface area contributed by atoms with Gasteiger partial charge >= 0.3 is 13.8 Å². The number of quaternary nitrogens is 1. The quantitative estimate of drug-likeness (QED) is 0.0205. The van der Waals surface area contributed by atoms with Crippen LogP contribution in [0.25, 0.3) is 0 Å². The number of allylic oxidation sites excluding steroid dienone is 23. The van der Waals surface area contributed by atoms with Crippen LogP contribution < -0.4 is 5.32 Å². The van der Waals surface area contributed by atoms with Crippen LogP contribution in [0.4, 0.5) is 0 Å². The number of ether oxygens (including phenoxy) is 1. The van der Waals surface area contributed by atoms with Gasteiger partial charge in [-0.15, -0.1) is 0 Å². The minimum Gasteiger partial charge on any atom is -0.456 e. The Balaban J connectivity index is 5.23. The van der Waals surface area contributed by atoms with Gasteiger partial charge in [-0.2, -0.15) is 0 Å². The summed E-state index contributed by atoms with van der Waals surface area (Å²) in [5.41, 5.74) is 0. The lowest BCUT2D eigenvalue weighted by Crippen LogP contribution is -2.47. The van der Waals surface area contributed by atoms with Crippen molar-refractivity contribution in [2.75, 3.05) is 40.9 Å². The number of esters is 1. The summed E-state index contributed by atoms with van der Waals surface area (Å²) in [6.45, 7) is 6.72. The lowest BCUT2D eigenvalue weighted by atomic mass is 10.0. The number of carbonyl (C=O) groups is 2. The van der Waals surface area contributed by atoms with Gasteiger partial charge in [0.15, 0.2) is 0 Å². The Labute approximate surface area is 523 Å². The fraction of sp³-hybridized carbons (Fsp3) is 0.653. The van der Waals surface area contributed by atoms with Gasteiger partial charge < -0.3 is 19.4 Å². The maximum absolute atomic E-state index is 13.6. The van der Waals surface area contributed by atoms with Crippen LogP contribution in [0.3, 0.4) is 0 Å². The van der Waals surface area contributed by atoms with Crippen LogP contribution in [0, 0.1) is 0 Å². The first kappa shape index (κ1) is 80.9. The van der Waals surface area contributed by atoms with Crippen molar-refractivity contribution in [3.05, 3.63) is 146 Å². The van der Waals surface area contributed by atoms with Gasteiger partial charge in [0.2, 0.25) is 5.91 Å². The van der Waals surface area contributed by atoms with E-state index in [4.69, 9.17) is 13.8 Å². The number of phosphoric ester groups is 1. The number of carbonyl (C=O) groups excluding carboxylic acids is 2. The normalized spacial score (nSPS) is 14.5. The average Bonchev–Trinajstić information content (AvgIpc) is 3.50. The van der Waals surface area contributed by atoms with E-state index in [9.17, 15) is 19.0 Å². The maximum atomic E-state index is 13.6. The van der Waals surface area contributed by atoms with Gasteiger partial charge in [0.05, 0.1) is 33.8 Å². The van der Waals surface area contributed by atoms with E-state index in [1.165, 1.54) is 103 Å². The minimum atomic E-state index is -4.48. The molecule has 10 heteroatoms. The number of nitrogens with one attached hydrogen (secondary N) is 1. The largest absolute Gasteiger partial charge is 0.472 e. The first-order chi connectivity index (χ1) is 41.4. The molecule has 0 saturated heterocycles. The van der Waals surface area contributed by atoms with Crippen LogP contribution in [0.2, 0.25) is 0 Å². The van der Waals surface area contributed by atoms with Crippen molar-refractivity contribution in [3.8, 4) is 0 Å². The van der Waals surface area contributed by atoms with Gasteiger partial charge in [-0.3, -0.25) is 18.6 Å². The number of nitrogens with zero attached hydrogens (tertiary/aromatic N) is 1. The Morgan fingerprint density at radius 2 is 0.765 bits per heavy atom. The monoisotopic (exact) mass is 1200 g/mol. The van der Waals surface area contributed by atoms with Crippen molar-refractivity contribution in [2.45, 2.75) is 277 Å². The molecule has 0 aromatic heterocycles. The van der Waals surface area contributed by atoms with Gasteiger partial charge in [0, 0.05) is 12.8 Å². The van der Waals surface area contributed by atoms with Crippen LogP contribution in [0.5, 0.6) is 0 Å². The first-order valence-corrected chi connectivity index (χ1v) is 35.7. The first-order valence-electron chi connectivity index (χ1n) is 34.2. The minimum absolute atomic E-state index is 0.0189. The highest BCUT2D eigenvalue weighted by atomic mass is 31.2. The molecule has 2 N–H and O–H groups in total. The number of hydrogen-bond donors (Lipinski definition) is 2. The van der Waals surface area contributed by atoms with Crippen LogP contribution in [0.1, 0.15) is 265 Å². The number of hydrogen-bond acceptors (Lipinski definition) is 6. The smallest absolute Gasteiger partial charge is 0.456 e. The van der Waals surface area contributed by atoms with Crippen molar-refractivity contribution in [3.63, 3.8) is 0 Å². The van der Waals surface area contributed by atoms with Gasteiger partial charge in [0.25, 0.3) is 0 Å². The van der Waals surface area contributed by atoms with E-state index in [0.717, 1.165) is 122 Å². The second-order valence-electron chi connectivity index (χ2n) is 23.6. The fourth-order valence-corrected chi connectivity index (χ4v) is 9.84. The molecule has 1 amide bonds. The van der Waals surface area contributed by atoms with Crippen molar-refractivity contribution in [2.24, 2.45) is 0 Å². The van der Waals surface area contributed by atoms with E-state index in [-0.39, 0.29) is 37.9 Å². The lowest BCUT2D eigenvalue weighted by molar-refractivity contribution is -0.870. The molecule has 9 nitrogen and oxygen atoms in total. The van der Waals surface area contributed by atoms with Crippen molar-refractivity contribution in [1.82, 2.24) is 5.32 Å². The molecule has 0 heterocycles. The van der Waals surface area contributed by atoms with E-state index < -0.39 is 20.0 Å². The zero-order valence-corrected chi connectivity index (χ0v) is 56.2. The third-order valence-corrected chi connectivity index (χ3v) is 15.3. The molecule has 85 heavy (non-hydrogen) atoms. The molecular formula is C75H128N2O7P+. The molecule has 3 atom stereocenters. The predicted molar refractivity (Wildman–Crippen MR) is 369 cm³/mol. The molecule has 0 spiro atoms. The second kappa shape index (κ2) is 62.9. The zero-order chi connectivity index (χ0) is 62.1. The van der Waals surface area contributed by atoms with E-state index in [2.05, 4.69) is 154 Å². The molecule has 0 rings (SSSR count). The van der Waals surface area contributed by atoms with Crippen LogP contribution in [-0.4, -0.2) is 74.3 Å². The molecule has 0 aromatic carbocycles. The molecule has 484 valence electrons. The highest BCUT2D eigenvalue weighted by Crippen LogP contribution is 2.43. The van der Waals surface area contributed by atoms with E-state index >= 15 is 0 Å². The number of rotatable bonds is 60. The third kappa shape index (κ3) is 64.2. The maximum Gasteiger partial charge on any atom is 0.472 e. The Morgan fingerprint density at radius 3 is 1.15 bits per heavy atom. The molecule has 0 aliphatic rings. The molecule has 0 bridgehead atoms. The molecule has 0 aliphatic carbocycles. The third-order valence-electron chi connectivity index (χ3n) is 14.3. The molecule has 0 radical (unpaired) electrons. The van der Waals surface area contributed by atoms with E-state index in [1.54, 1.807) is 0 Å². The van der Waals surface area contributed by atoms with Gasteiger partial charge in [-0.1, -0.05) is 283 Å². The molecule has 0 fully saturated rings. The Hall–Kier alpha value is -4.11. The summed E-state index contributed by atoms with van der Waals surface area (Å²) in [4.78, 5) is 37.8. The number of phosphoric acid groups is 1. The van der Waals surface area contributed by atoms with E-state index in [0.29, 0.717) is 17.4 Å². The average molecular weight is 1200 g/mol. The molecule has 0 aromatic rings. The lowest BCUT2D eigenvalue weighted by Gasteiger charge is -2.27. The van der Waals surface area contributed by atoms with Crippen LogP contribution in [-0.2, 0) is 27.9 Å². The van der Waals surface area contributed by atoms with Crippen molar-refractivity contribution >= 4 is 19.7 Å². The van der Waals surface area contributed by atoms with Crippen LogP contribution in [0.15, 0.2) is 146 Å². The number of unbranched alkanes of at least 4 members (excludes halogenated alkanes) is 22. The SMILES string of the molecule is CC/C=C\C/C=C\C/C=C\C/C=C\C/C=C\C/C=C\CCC(=O)NC(COP(=O)(O)OCC[N+](C)(C)C)C(/C=C\CCCCCCCCCCCCC)OC(=O)CCCCCCCCCCCCC/C=C\C/C=C\C/C=C\C/C=C\C/C=C\CC. The molecule has 3 unspecified atom stereocenters. The highest BCUT2D eigenvalue weighted by Gasteiger charge is 2.30. The Kier molecular flexibility index (Phi) is 59.9. The van der Waals surface area contributed by atoms with Crippen molar-refractivity contribution in [1.29, 1.82) is 0 Å². The summed E-state index contributed by atoms with van der Waals surface area (Å²) < 4.78 is 30.7. The van der Waals surface area contributed by atoms with Crippen molar-refractivity contribution < 1.29 is 37.3 Å². The van der Waals surface area contributed by atoms with Gasteiger partial charge in [-0.25, -0.2) is 4.57 Å².